The van der Waals surface area contributed by atoms with Gasteiger partial charge < -0.3 is 5.32 Å². The second-order valence-corrected chi connectivity index (χ2v) is 1.13. The Bertz CT molecular complexity index is 106. The minimum atomic E-state index is -0.667. The Morgan fingerprint density at radius 3 is 2.43 bits per heavy atom. The summed E-state index contributed by atoms with van der Waals surface area (Å²) in [4.78, 5) is 20.0. The number of hydrogen-bond acceptors (Lipinski definition) is 2. The first-order valence-electron chi connectivity index (χ1n) is 1.80. The molecule has 7 heavy (non-hydrogen) atoms. The van der Waals surface area contributed by atoms with Gasteiger partial charge in [0.15, 0.2) is 0 Å². The lowest BCUT2D eigenvalue weighted by Crippen LogP contribution is -2.18. The molecule has 1 aliphatic rings. The van der Waals surface area contributed by atoms with E-state index in [-0.39, 0.29) is 6.67 Å². The van der Waals surface area contributed by atoms with Gasteiger partial charge in [-0.3, -0.25) is 9.59 Å². The monoisotopic (exact) mass is 99.0 g/mol. The van der Waals surface area contributed by atoms with Crippen LogP contribution in [0.25, 0.3) is 0 Å². The standard InChI is InChI=1S/C3H3N2O2/c6-2-3(7)5-1-4-2/h1H2,(H,4,6). The number of carbonyl (C=O) groups is 2. The van der Waals surface area contributed by atoms with Crippen LogP contribution in [-0.2, 0) is 9.59 Å². The Kier molecular flexibility index (Phi) is 0.714. The molecule has 1 radical (unpaired) electrons. The number of hydrogen-bond donors (Lipinski definition) is 1. The fourth-order valence-corrected chi connectivity index (χ4v) is 0.331. The van der Waals surface area contributed by atoms with Crippen molar-refractivity contribution in [2.24, 2.45) is 0 Å². The number of nitrogens with zero attached hydrogens (tertiary/aromatic N) is 1. The van der Waals surface area contributed by atoms with E-state index in [1.165, 1.54) is 0 Å². The molecule has 0 aromatic carbocycles. The van der Waals surface area contributed by atoms with Crippen LogP contribution >= 0.6 is 0 Å². The maximum atomic E-state index is 10.0. The van der Waals surface area contributed by atoms with Crippen LogP contribution in [0.4, 0.5) is 0 Å². The molecule has 0 bridgehead atoms. The van der Waals surface area contributed by atoms with Gasteiger partial charge in [0, 0.05) is 0 Å². The third kappa shape index (κ3) is 0.534. The first-order chi connectivity index (χ1) is 3.30. The summed E-state index contributed by atoms with van der Waals surface area (Å²) in [7, 11) is 0. The lowest BCUT2D eigenvalue weighted by molar-refractivity contribution is -0.136. The van der Waals surface area contributed by atoms with E-state index in [0.717, 1.165) is 0 Å². The molecule has 2 amide bonds. The molecule has 4 heteroatoms. The van der Waals surface area contributed by atoms with Crippen LogP contribution in [0, 0.1) is 0 Å². The number of nitrogens with one attached hydrogen (secondary N) is 1. The normalized spacial score (nSPS) is 18.9. The molecule has 0 aromatic rings. The van der Waals surface area contributed by atoms with Gasteiger partial charge in [-0.05, 0) is 0 Å². The number of rotatable bonds is 0. The van der Waals surface area contributed by atoms with Gasteiger partial charge in [-0.2, -0.15) is 0 Å². The van der Waals surface area contributed by atoms with Crippen molar-refractivity contribution >= 4 is 11.8 Å². The van der Waals surface area contributed by atoms with Crippen LogP contribution < -0.4 is 10.6 Å². The van der Waals surface area contributed by atoms with Crippen LogP contribution in [0.15, 0.2) is 0 Å². The Balaban J connectivity index is 2.65. The largest absolute Gasteiger partial charge is 0.332 e. The molecule has 0 saturated carbocycles. The third-order valence-corrected chi connectivity index (χ3v) is 0.657. The maximum Gasteiger partial charge on any atom is 0.332 e. The molecular formula is C3H3N2O2. The molecule has 0 atom stereocenters. The molecule has 1 heterocycles. The molecule has 1 saturated heterocycles. The first kappa shape index (κ1) is 4.11. The van der Waals surface area contributed by atoms with Crippen LogP contribution in [0.2, 0.25) is 0 Å². The molecule has 4 nitrogen and oxygen atoms in total. The van der Waals surface area contributed by atoms with E-state index in [9.17, 15) is 9.59 Å². The predicted octanol–water partition coefficient (Wildman–Crippen LogP) is -1.80. The Morgan fingerprint density at radius 1 is 1.57 bits per heavy atom. The fourth-order valence-electron chi connectivity index (χ4n) is 0.331. The van der Waals surface area contributed by atoms with Crippen LogP contribution in [0.3, 0.4) is 0 Å². The van der Waals surface area contributed by atoms with Crippen molar-refractivity contribution in [1.82, 2.24) is 10.6 Å². The summed E-state index contributed by atoms with van der Waals surface area (Å²) >= 11 is 0. The highest BCUT2D eigenvalue weighted by atomic mass is 16.2. The second-order valence-electron chi connectivity index (χ2n) is 1.13. The highest BCUT2D eigenvalue weighted by molar-refractivity contribution is 6.36. The van der Waals surface area contributed by atoms with Gasteiger partial charge in [-0.15, -0.1) is 0 Å². The molecule has 0 spiro atoms. The maximum absolute atomic E-state index is 10.0. The van der Waals surface area contributed by atoms with E-state index < -0.39 is 11.8 Å². The number of amides is 2. The van der Waals surface area contributed by atoms with Crippen molar-refractivity contribution < 1.29 is 9.59 Å². The van der Waals surface area contributed by atoms with Gasteiger partial charge in [-0.25, -0.2) is 5.32 Å². The summed E-state index contributed by atoms with van der Waals surface area (Å²) in [5.41, 5.74) is 0. The first-order valence-corrected chi connectivity index (χ1v) is 1.80. The summed E-state index contributed by atoms with van der Waals surface area (Å²) in [6.07, 6.45) is 0. The molecule has 1 N–H and O–H groups in total. The van der Waals surface area contributed by atoms with Gasteiger partial charge in [-0.1, -0.05) is 0 Å². The molecule has 1 rings (SSSR count). The highest BCUT2D eigenvalue weighted by Gasteiger charge is 2.19. The van der Waals surface area contributed by atoms with Crippen LogP contribution in [0.5, 0.6) is 0 Å². The molecule has 0 aromatic heterocycles. The fraction of sp³-hybridized carbons (Fsp3) is 0.333. The summed E-state index contributed by atoms with van der Waals surface area (Å²) in [6.45, 7) is 0.150. The molecular weight excluding hydrogens is 96.0 g/mol. The summed E-state index contributed by atoms with van der Waals surface area (Å²) in [5.74, 6) is -1.26. The summed E-state index contributed by atoms with van der Waals surface area (Å²) < 4.78 is 0. The number of carbonyl (C=O) groups excluding carboxylic acids is 2. The van der Waals surface area contributed by atoms with Gasteiger partial charge in [0.25, 0.3) is 0 Å². The second kappa shape index (κ2) is 1.22. The highest BCUT2D eigenvalue weighted by Crippen LogP contribution is 1.75. The van der Waals surface area contributed by atoms with Crippen LogP contribution in [-0.4, -0.2) is 18.5 Å². The van der Waals surface area contributed by atoms with Crippen molar-refractivity contribution in [2.45, 2.75) is 0 Å². The minimum absolute atomic E-state index is 0.150. The van der Waals surface area contributed by atoms with Gasteiger partial charge in [0.1, 0.15) is 6.67 Å². The minimum Gasteiger partial charge on any atom is -0.328 e. The van der Waals surface area contributed by atoms with E-state index in [1.54, 1.807) is 0 Å². The molecule has 1 aliphatic heterocycles. The molecule has 1 fully saturated rings. The van der Waals surface area contributed by atoms with Crippen molar-refractivity contribution in [3.63, 3.8) is 0 Å². The molecule has 0 unspecified atom stereocenters. The quantitative estimate of drug-likeness (QED) is 0.364. The SMILES string of the molecule is O=C1[N]CNC1=O. The zero-order valence-electron chi connectivity index (χ0n) is 3.47. The van der Waals surface area contributed by atoms with Gasteiger partial charge in [0.05, 0.1) is 0 Å². The van der Waals surface area contributed by atoms with Gasteiger partial charge in [0.2, 0.25) is 0 Å². The Hall–Kier alpha value is -1.06. The van der Waals surface area contributed by atoms with Crippen molar-refractivity contribution in [2.75, 3.05) is 6.67 Å². The van der Waals surface area contributed by atoms with Crippen molar-refractivity contribution in [3.05, 3.63) is 0 Å². The lowest BCUT2D eigenvalue weighted by atomic mass is 10.6. The average molecular weight is 99.1 g/mol. The Morgan fingerprint density at radius 2 is 2.29 bits per heavy atom. The van der Waals surface area contributed by atoms with E-state index in [0.29, 0.717) is 0 Å². The topological polar surface area (TPSA) is 60.3 Å². The third-order valence-electron chi connectivity index (χ3n) is 0.657. The van der Waals surface area contributed by atoms with Crippen LogP contribution in [0.1, 0.15) is 0 Å². The van der Waals surface area contributed by atoms with Gasteiger partial charge >= 0.3 is 11.8 Å². The van der Waals surface area contributed by atoms with E-state index in [1.807, 2.05) is 0 Å². The average Bonchev–Trinajstić information content (AvgIpc) is 1.91. The Labute approximate surface area is 39.9 Å². The zero-order chi connectivity index (χ0) is 5.28. The smallest absolute Gasteiger partial charge is 0.328 e. The lowest BCUT2D eigenvalue weighted by Gasteiger charge is -1.75. The zero-order valence-corrected chi connectivity index (χ0v) is 3.47. The summed E-state index contributed by atoms with van der Waals surface area (Å²) in [6, 6.07) is 0. The molecule has 0 aliphatic carbocycles. The predicted molar refractivity (Wildman–Crippen MR) is 20.2 cm³/mol. The van der Waals surface area contributed by atoms with E-state index in [4.69, 9.17) is 0 Å². The van der Waals surface area contributed by atoms with E-state index >= 15 is 0 Å². The van der Waals surface area contributed by atoms with Crippen molar-refractivity contribution in [3.8, 4) is 0 Å². The van der Waals surface area contributed by atoms with Crippen molar-refractivity contribution in [1.29, 1.82) is 0 Å². The molecule has 37 valence electrons. The van der Waals surface area contributed by atoms with E-state index in [2.05, 4.69) is 10.6 Å². The summed E-state index contributed by atoms with van der Waals surface area (Å²) in [5, 5.41) is 5.43.